The van der Waals surface area contributed by atoms with Crippen LogP contribution in [0.5, 0.6) is 0 Å². The Kier molecular flexibility index (Phi) is 4.03. The van der Waals surface area contributed by atoms with E-state index in [9.17, 15) is 4.79 Å². The Morgan fingerprint density at radius 2 is 2.19 bits per heavy atom. The van der Waals surface area contributed by atoms with E-state index >= 15 is 0 Å². The van der Waals surface area contributed by atoms with E-state index in [0.29, 0.717) is 11.6 Å². The number of hydrogen-bond donors (Lipinski definition) is 0. The van der Waals surface area contributed by atoms with Crippen molar-refractivity contribution in [2.24, 2.45) is 0 Å². The lowest BCUT2D eigenvalue weighted by Gasteiger charge is -2.11. The van der Waals surface area contributed by atoms with Gasteiger partial charge in [0.2, 0.25) is 11.0 Å². The molecule has 1 amide bonds. The van der Waals surface area contributed by atoms with Crippen molar-refractivity contribution in [1.29, 1.82) is 0 Å². The number of amides is 1. The monoisotopic (exact) mass is 316 g/mol. The summed E-state index contributed by atoms with van der Waals surface area (Å²) in [6.45, 7) is 0. The molecule has 0 radical (unpaired) electrons. The number of pyridine rings is 1. The SMILES string of the molecule is CN(C(=O)Cc1cccs1)c1nnc(-c2cccnc2)s1. The van der Waals surface area contributed by atoms with Gasteiger partial charge in [0.05, 0.1) is 6.42 Å². The van der Waals surface area contributed by atoms with E-state index in [1.54, 1.807) is 35.7 Å². The first-order valence-corrected chi connectivity index (χ1v) is 7.96. The highest BCUT2D eigenvalue weighted by Gasteiger charge is 2.17. The van der Waals surface area contributed by atoms with Gasteiger partial charge in [0.15, 0.2) is 5.01 Å². The zero-order valence-corrected chi connectivity index (χ0v) is 12.9. The van der Waals surface area contributed by atoms with Crippen LogP contribution in [-0.2, 0) is 11.2 Å². The molecule has 3 heterocycles. The molecule has 0 aliphatic rings. The van der Waals surface area contributed by atoms with Gasteiger partial charge in [0.25, 0.3) is 0 Å². The van der Waals surface area contributed by atoms with Crippen molar-refractivity contribution in [3.63, 3.8) is 0 Å². The first-order chi connectivity index (χ1) is 10.2. The zero-order chi connectivity index (χ0) is 14.7. The molecule has 0 aromatic carbocycles. The van der Waals surface area contributed by atoms with E-state index in [1.165, 1.54) is 11.3 Å². The molecule has 0 spiro atoms. The van der Waals surface area contributed by atoms with Gasteiger partial charge in [0, 0.05) is 29.9 Å². The lowest BCUT2D eigenvalue weighted by atomic mass is 10.3. The van der Waals surface area contributed by atoms with Gasteiger partial charge in [-0.15, -0.1) is 21.5 Å². The summed E-state index contributed by atoms with van der Waals surface area (Å²) < 4.78 is 0. The van der Waals surface area contributed by atoms with E-state index < -0.39 is 0 Å². The second kappa shape index (κ2) is 6.11. The average molecular weight is 316 g/mol. The highest BCUT2D eigenvalue weighted by Crippen LogP contribution is 2.27. The molecular weight excluding hydrogens is 304 g/mol. The van der Waals surface area contributed by atoms with Gasteiger partial charge in [-0.2, -0.15) is 0 Å². The average Bonchev–Trinajstić information content (AvgIpc) is 3.18. The maximum Gasteiger partial charge on any atom is 0.233 e. The van der Waals surface area contributed by atoms with Crippen molar-refractivity contribution in [3.05, 3.63) is 46.9 Å². The fourth-order valence-electron chi connectivity index (χ4n) is 1.74. The number of anilines is 1. The predicted molar refractivity (Wildman–Crippen MR) is 84.6 cm³/mol. The lowest BCUT2D eigenvalue weighted by Crippen LogP contribution is -2.27. The Balaban J connectivity index is 1.75. The van der Waals surface area contributed by atoms with Crippen LogP contribution < -0.4 is 4.90 Å². The number of hydrogen-bond acceptors (Lipinski definition) is 6. The number of carbonyl (C=O) groups excluding carboxylic acids is 1. The van der Waals surface area contributed by atoms with Crippen molar-refractivity contribution >= 4 is 33.7 Å². The Bertz CT molecular complexity index is 725. The van der Waals surface area contributed by atoms with Crippen LogP contribution in [0.25, 0.3) is 10.6 Å². The number of rotatable bonds is 4. The molecule has 5 nitrogen and oxygen atoms in total. The third kappa shape index (κ3) is 3.14. The van der Waals surface area contributed by atoms with Gasteiger partial charge in [-0.3, -0.25) is 14.7 Å². The molecule has 0 saturated heterocycles. The lowest BCUT2D eigenvalue weighted by molar-refractivity contribution is -0.117. The number of aromatic nitrogens is 3. The molecule has 0 aliphatic carbocycles. The Morgan fingerprint density at radius 1 is 1.29 bits per heavy atom. The number of nitrogens with zero attached hydrogens (tertiary/aromatic N) is 4. The molecule has 0 bridgehead atoms. The standard InChI is InChI=1S/C14H12N4OS2/c1-18(12(19)8-11-5-3-7-20-11)14-17-16-13(21-14)10-4-2-6-15-9-10/h2-7,9H,8H2,1H3. The second-order valence-corrected chi connectivity index (χ2v) is 6.33. The summed E-state index contributed by atoms with van der Waals surface area (Å²) in [5.74, 6) is 0.00587. The molecule has 0 fully saturated rings. The van der Waals surface area contributed by atoms with Crippen LogP contribution >= 0.6 is 22.7 Å². The van der Waals surface area contributed by atoms with Gasteiger partial charge < -0.3 is 0 Å². The summed E-state index contributed by atoms with van der Waals surface area (Å²) in [7, 11) is 1.73. The first-order valence-electron chi connectivity index (χ1n) is 6.27. The van der Waals surface area contributed by atoms with Gasteiger partial charge in [-0.05, 0) is 23.6 Å². The third-order valence-corrected chi connectivity index (χ3v) is 4.81. The van der Waals surface area contributed by atoms with E-state index in [0.717, 1.165) is 15.4 Å². The predicted octanol–water partition coefficient (Wildman–Crippen LogP) is 2.87. The molecule has 0 aliphatic heterocycles. The Morgan fingerprint density at radius 3 is 2.90 bits per heavy atom. The van der Waals surface area contributed by atoms with Crippen LogP contribution in [0, 0.1) is 0 Å². The van der Waals surface area contributed by atoms with Gasteiger partial charge in [0.1, 0.15) is 0 Å². The minimum atomic E-state index is 0.00587. The Hall–Kier alpha value is -2.12. The van der Waals surface area contributed by atoms with Crippen LogP contribution in [0.15, 0.2) is 42.0 Å². The topological polar surface area (TPSA) is 59.0 Å². The van der Waals surface area contributed by atoms with Crippen molar-refractivity contribution in [3.8, 4) is 10.6 Å². The first kappa shape index (κ1) is 13.8. The smallest absolute Gasteiger partial charge is 0.233 e. The number of carbonyl (C=O) groups is 1. The molecule has 0 N–H and O–H groups in total. The van der Waals surface area contributed by atoms with Crippen molar-refractivity contribution in [2.45, 2.75) is 6.42 Å². The maximum atomic E-state index is 12.2. The molecule has 0 unspecified atom stereocenters. The van der Waals surface area contributed by atoms with Crippen LogP contribution in [0.4, 0.5) is 5.13 Å². The molecule has 0 saturated carbocycles. The van der Waals surface area contributed by atoms with E-state index in [2.05, 4.69) is 15.2 Å². The molecule has 7 heteroatoms. The third-order valence-electron chi connectivity index (χ3n) is 2.89. The maximum absolute atomic E-state index is 12.2. The van der Waals surface area contributed by atoms with E-state index in [-0.39, 0.29) is 5.91 Å². The van der Waals surface area contributed by atoms with Gasteiger partial charge in [-0.25, -0.2) is 0 Å². The summed E-state index contributed by atoms with van der Waals surface area (Å²) in [5, 5.41) is 11.5. The number of thiophene rings is 1. The van der Waals surface area contributed by atoms with E-state index in [1.807, 2.05) is 29.6 Å². The molecule has 0 atom stereocenters. The van der Waals surface area contributed by atoms with Crippen LogP contribution in [-0.4, -0.2) is 28.1 Å². The molecule has 3 rings (SSSR count). The zero-order valence-electron chi connectivity index (χ0n) is 11.3. The van der Waals surface area contributed by atoms with Gasteiger partial charge >= 0.3 is 0 Å². The summed E-state index contributed by atoms with van der Waals surface area (Å²) in [5.41, 5.74) is 0.903. The molecule has 3 aromatic rings. The highest BCUT2D eigenvalue weighted by molar-refractivity contribution is 7.18. The summed E-state index contributed by atoms with van der Waals surface area (Å²) in [6.07, 6.45) is 3.83. The van der Waals surface area contributed by atoms with E-state index in [4.69, 9.17) is 0 Å². The molecular formula is C14H12N4OS2. The molecule has 21 heavy (non-hydrogen) atoms. The normalized spacial score (nSPS) is 10.5. The summed E-state index contributed by atoms with van der Waals surface area (Å²) in [6, 6.07) is 7.67. The fraction of sp³-hybridized carbons (Fsp3) is 0.143. The second-order valence-electron chi connectivity index (χ2n) is 4.34. The Labute approximate surface area is 129 Å². The summed E-state index contributed by atoms with van der Waals surface area (Å²) in [4.78, 5) is 18.9. The number of likely N-dealkylation sites (N-methyl/N-ethyl adjacent to an activating group) is 1. The summed E-state index contributed by atoms with van der Waals surface area (Å²) >= 11 is 2.96. The molecule has 3 aromatic heterocycles. The van der Waals surface area contributed by atoms with Crippen LogP contribution in [0.3, 0.4) is 0 Å². The fourth-order valence-corrected chi connectivity index (χ4v) is 3.25. The van der Waals surface area contributed by atoms with Gasteiger partial charge in [-0.1, -0.05) is 17.4 Å². The van der Waals surface area contributed by atoms with Crippen molar-refractivity contribution in [1.82, 2.24) is 15.2 Å². The van der Waals surface area contributed by atoms with Crippen LogP contribution in [0.2, 0.25) is 0 Å². The van der Waals surface area contributed by atoms with Crippen molar-refractivity contribution in [2.75, 3.05) is 11.9 Å². The largest absolute Gasteiger partial charge is 0.289 e. The quantitative estimate of drug-likeness (QED) is 0.742. The molecule has 106 valence electrons. The minimum Gasteiger partial charge on any atom is -0.289 e. The van der Waals surface area contributed by atoms with Crippen molar-refractivity contribution < 1.29 is 4.79 Å². The minimum absolute atomic E-state index is 0.00587. The van der Waals surface area contributed by atoms with Crippen LogP contribution in [0.1, 0.15) is 4.88 Å². The highest BCUT2D eigenvalue weighted by atomic mass is 32.1.